The fourth-order valence-electron chi connectivity index (χ4n) is 1.73. The van der Waals surface area contributed by atoms with Crippen molar-refractivity contribution >= 4 is 11.6 Å². The largest absolute Gasteiger partial charge is 0.469 e. The molecule has 3 heteroatoms. The van der Waals surface area contributed by atoms with Gasteiger partial charge < -0.3 is 4.42 Å². The minimum Gasteiger partial charge on any atom is -0.469 e. The van der Waals surface area contributed by atoms with E-state index in [9.17, 15) is 0 Å². The van der Waals surface area contributed by atoms with E-state index in [-0.39, 0.29) is 5.38 Å². The predicted molar refractivity (Wildman–Crippen MR) is 64.7 cm³/mol. The highest BCUT2D eigenvalue weighted by atomic mass is 35.5. The molecule has 0 radical (unpaired) electrons. The van der Waals surface area contributed by atoms with E-state index in [1.165, 1.54) is 5.56 Å². The van der Waals surface area contributed by atoms with E-state index in [1.807, 2.05) is 32.0 Å². The first kappa shape index (κ1) is 11.2. The number of aryl methyl sites for hydroxylation is 2. The Bertz CT molecular complexity index is 478. The van der Waals surface area contributed by atoms with Gasteiger partial charge in [-0.3, -0.25) is 4.98 Å². The molecule has 0 saturated heterocycles. The SMILES string of the molecule is Cc1cccnc1CC(Cl)c1ccoc1C. The maximum absolute atomic E-state index is 6.36. The van der Waals surface area contributed by atoms with Crippen LogP contribution < -0.4 is 0 Å². The molecule has 0 aliphatic carbocycles. The number of aromatic nitrogens is 1. The van der Waals surface area contributed by atoms with Crippen molar-refractivity contribution in [1.29, 1.82) is 0 Å². The fraction of sp³-hybridized carbons (Fsp3) is 0.308. The number of halogens is 1. The standard InChI is InChI=1S/C13H14ClNO/c1-9-4-3-6-15-13(9)8-12(14)11-5-7-16-10(11)2/h3-7,12H,8H2,1-2H3. The van der Waals surface area contributed by atoms with Crippen molar-refractivity contribution in [2.45, 2.75) is 25.6 Å². The summed E-state index contributed by atoms with van der Waals surface area (Å²) in [7, 11) is 0. The van der Waals surface area contributed by atoms with Gasteiger partial charge in [-0.05, 0) is 31.5 Å². The Balaban J connectivity index is 2.17. The van der Waals surface area contributed by atoms with Gasteiger partial charge in [-0.15, -0.1) is 11.6 Å². The molecule has 1 unspecified atom stereocenters. The van der Waals surface area contributed by atoms with Crippen LogP contribution in [0.1, 0.15) is 28.0 Å². The van der Waals surface area contributed by atoms with Gasteiger partial charge in [0, 0.05) is 23.9 Å². The monoisotopic (exact) mass is 235 g/mol. The summed E-state index contributed by atoms with van der Waals surface area (Å²) in [5, 5.41) is -0.0765. The number of alkyl halides is 1. The average Bonchev–Trinajstić information content (AvgIpc) is 2.68. The van der Waals surface area contributed by atoms with Crippen molar-refractivity contribution in [3.8, 4) is 0 Å². The Morgan fingerprint density at radius 1 is 1.38 bits per heavy atom. The van der Waals surface area contributed by atoms with Crippen LogP contribution in [0.5, 0.6) is 0 Å². The van der Waals surface area contributed by atoms with Crippen LogP contribution >= 0.6 is 11.6 Å². The number of rotatable bonds is 3. The zero-order valence-corrected chi connectivity index (χ0v) is 10.2. The molecule has 0 aliphatic heterocycles. The Kier molecular flexibility index (Phi) is 3.30. The Morgan fingerprint density at radius 2 is 2.19 bits per heavy atom. The summed E-state index contributed by atoms with van der Waals surface area (Å²) in [6, 6.07) is 5.91. The molecule has 0 aromatic carbocycles. The van der Waals surface area contributed by atoms with Crippen LogP contribution in [-0.2, 0) is 6.42 Å². The van der Waals surface area contributed by atoms with E-state index in [4.69, 9.17) is 16.0 Å². The van der Waals surface area contributed by atoms with Gasteiger partial charge in [-0.1, -0.05) is 6.07 Å². The van der Waals surface area contributed by atoms with Crippen LogP contribution in [0, 0.1) is 13.8 Å². The molecule has 0 saturated carbocycles. The molecular formula is C13H14ClNO. The van der Waals surface area contributed by atoms with Gasteiger partial charge in [0.1, 0.15) is 5.76 Å². The third kappa shape index (κ3) is 2.27. The Labute approximate surface area is 100 Å². The molecule has 0 aliphatic rings. The van der Waals surface area contributed by atoms with Crippen LogP contribution in [0.3, 0.4) is 0 Å². The molecule has 0 N–H and O–H groups in total. The van der Waals surface area contributed by atoms with Crippen LogP contribution in [-0.4, -0.2) is 4.98 Å². The van der Waals surface area contributed by atoms with E-state index in [2.05, 4.69) is 4.98 Å². The highest BCUT2D eigenvalue weighted by molar-refractivity contribution is 6.21. The molecule has 2 aromatic rings. The number of hydrogen-bond donors (Lipinski definition) is 0. The third-order valence-electron chi connectivity index (χ3n) is 2.73. The van der Waals surface area contributed by atoms with E-state index in [1.54, 1.807) is 12.5 Å². The van der Waals surface area contributed by atoms with Crippen molar-refractivity contribution < 1.29 is 4.42 Å². The van der Waals surface area contributed by atoms with Crippen molar-refractivity contribution in [2.24, 2.45) is 0 Å². The number of pyridine rings is 1. The van der Waals surface area contributed by atoms with Gasteiger partial charge in [-0.2, -0.15) is 0 Å². The molecule has 84 valence electrons. The smallest absolute Gasteiger partial charge is 0.105 e. The minimum atomic E-state index is -0.0765. The van der Waals surface area contributed by atoms with Crippen molar-refractivity contribution in [3.05, 3.63) is 53.2 Å². The Hall–Kier alpha value is -1.28. The zero-order valence-electron chi connectivity index (χ0n) is 9.40. The van der Waals surface area contributed by atoms with Gasteiger partial charge in [0.15, 0.2) is 0 Å². The van der Waals surface area contributed by atoms with Crippen molar-refractivity contribution in [2.75, 3.05) is 0 Å². The van der Waals surface area contributed by atoms with Gasteiger partial charge in [0.2, 0.25) is 0 Å². The molecule has 1 atom stereocenters. The first-order valence-electron chi connectivity index (χ1n) is 5.27. The normalized spacial score (nSPS) is 12.7. The second-order valence-electron chi connectivity index (χ2n) is 3.87. The van der Waals surface area contributed by atoms with Crippen LogP contribution in [0.25, 0.3) is 0 Å². The molecule has 2 heterocycles. The summed E-state index contributed by atoms with van der Waals surface area (Å²) in [5.74, 6) is 0.883. The second-order valence-corrected chi connectivity index (χ2v) is 4.40. The number of furan rings is 1. The van der Waals surface area contributed by atoms with Gasteiger partial charge >= 0.3 is 0 Å². The molecule has 0 bridgehead atoms. The summed E-state index contributed by atoms with van der Waals surface area (Å²) in [4.78, 5) is 4.34. The highest BCUT2D eigenvalue weighted by Gasteiger charge is 2.15. The number of nitrogens with zero attached hydrogens (tertiary/aromatic N) is 1. The van der Waals surface area contributed by atoms with Crippen molar-refractivity contribution in [1.82, 2.24) is 4.98 Å². The van der Waals surface area contributed by atoms with Crippen LogP contribution in [0.4, 0.5) is 0 Å². The molecule has 0 amide bonds. The number of hydrogen-bond acceptors (Lipinski definition) is 2. The van der Waals surface area contributed by atoms with E-state index in [0.717, 1.165) is 23.4 Å². The zero-order chi connectivity index (χ0) is 11.5. The second kappa shape index (κ2) is 4.71. The molecule has 0 fully saturated rings. The lowest BCUT2D eigenvalue weighted by Gasteiger charge is -2.09. The van der Waals surface area contributed by atoms with Gasteiger partial charge in [0.05, 0.1) is 11.6 Å². The summed E-state index contributed by atoms with van der Waals surface area (Å²) in [6.45, 7) is 3.98. The highest BCUT2D eigenvalue weighted by Crippen LogP contribution is 2.28. The predicted octanol–water partition coefficient (Wildman–Crippen LogP) is 3.81. The Morgan fingerprint density at radius 3 is 2.81 bits per heavy atom. The molecule has 16 heavy (non-hydrogen) atoms. The first-order valence-corrected chi connectivity index (χ1v) is 5.70. The lowest BCUT2D eigenvalue weighted by Crippen LogP contribution is -2.00. The summed E-state index contributed by atoms with van der Waals surface area (Å²) >= 11 is 6.36. The van der Waals surface area contributed by atoms with E-state index >= 15 is 0 Å². The molecule has 2 rings (SSSR count). The quantitative estimate of drug-likeness (QED) is 0.756. The topological polar surface area (TPSA) is 26.0 Å². The maximum Gasteiger partial charge on any atom is 0.105 e. The summed E-state index contributed by atoms with van der Waals surface area (Å²) < 4.78 is 5.25. The van der Waals surface area contributed by atoms with Gasteiger partial charge in [-0.25, -0.2) is 0 Å². The summed E-state index contributed by atoms with van der Waals surface area (Å²) in [5.41, 5.74) is 3.27. The van der Waals surface area contributed by atoms with Crippen molar-refractivity contribution in [3.63, 3.8) is 0 Å². The lowest BCUT2D eigenvalue weighted by molar-refractivity contribution is 0.529. The first-order chi connectivity index (χ1) is 7.68. The van der Waals surface area contributed by atoms with Crippen LogP contribution in [0.2, 0.25) is 0 Å². The molecular weight excluding hydrogens is 222 g/mol. The van der Waals surface area contributed by atoms with E-state index in [0.29, 0.717) is 0 Å². The molecule has 2 nitrogen and oxygen atoms in total. The minimum absolute atomic E-state index is 0.0765. The maximum atomic E-state index is 6.36. The van der Waals surface area contributed by atoms with Crippen LogP contribution in [0.15, 0.2) is 35.1 Å². The van der Waals surface area contributed by atoms with Gasteiger partial charge in [0.25, 0.3) is 0 Å². The lowest BCUT2D eigenvalue weighted by atomic mass is 10.1. The third-order valence-corrected chi connectivity index (χ3v) is 3.12. The van der Waals surface area contributed by atoms with E-state index < -0.39 is 0 Å². The molecule has 0 spiro atoms. The molecule has 2 aromatic heterocycles. The fourth-order valence-corrected chi connectivity index (χ4v) is 2.10. The summed E-state index contributed by atoms with van der Waals surface area (Å²) in [6.07, 6.45) is 4.20. The average molecular weight is 236 g/mol.